The van der Waals surface area contributed by atoms with Crippen LogP contribution in [-0.4, -0.2) is 28.7 Å². The fourth-order valence-corrected chi connectivity index (χ4v) is 2.96. The first-order valence-electron chi connectivity index (χ1n) is 7.54. The second kappa shape index (κ2) is 6.16. The number of hydrogen-bond acceptors (Lipinski definition) is 3. The summed E-state index contributed by atoms with van der Waals surface area (Å²) >= 11 is 0. The Kier molecular flexibility index (Phi) is 4.04. The predicted molar refractivity (Wildman–Crippen MR) is 88.0 cm³/mol. The molecule has 0 bridgehead atoms. The zero-order valence-electron chi connectivity index (χ0n) is 12.9. The van der Waals surface area contributed by atoms with Crippen LogP contribution in [-0.2, 0) is 17.8 Å². The highest BCUT2D eigenvalue weighted by molar-refractivity contribution is 6.00. The highest BCUT2D eigenvalue weighted by atomic mass is 16.2. The molecule has 6 heteroatoms. The Labute approximate surface area is 139 Å². The van der Waals surface area contributed by atoms with Gasteiger partial charge in [0.15, 0.2) is 0 Å². The number of nitrogens with two attached hydrogens (primary N) is 2. The molecule has 122 valence electrons. The summed E-state index contributed by atoms with van der Waals surface area (Å²) < 4.78 is 0. The first kappa shape index (κ1) is 15.7. The van der Waals surface area contributed by atoms with Crippen LogP contribution in [0.25, 0.3) is 0 Å². The van der Waals surface area contributed by atoms with E-state index in [1.165, 1.54) is 17.0 Å². The van der Waals surface area contributed by atoms with Crippen molar-refractivity contribution in [2.45, 2.75) is 19.0 Å². The van der Waals surface area contributed by atoms with Crippen LogP contribution < -0.4 is 11.5 Å². The average Bonchev–Trinajstić information content (AvgIpc) is 2.60. The molecule has 2 aromatic carbocycles. The molecule has 2 aromatic rings. The molecule has 0 aliphatic carbocycles. The van der Waals surface area contributed by atoms with Gasteiger partial charge in [-0.05, 0) is 29.3 Å². The average molecular weight is 323 g/mol. The van der Waals surface area contributed by atoms with E-state index < -0.39 is 17.9 Å². The lowest BCUT2D eigenvalue weighted by Gasteiger charge is -2.35. The van der Waals surface area contributed by atoms with Crippen molar-refractivity contribution in [1.82, 2.24) is 4.90 Å². The van der Waals surface area contributed by atoms with E-state index in [1.54, 1.807) is 12.1 Å². The molecule has 0 fully saturated rings. The van der Waals surface area contributed by atoms with E-state index in [1.807, 2.05) is 24.3 Å². The van der Waals surface area contributed by atoms with Gasteiger partial charge in [0.25, 0.3) is 5.91 Å². The second-order valence-corrected chi connectivity index (χ2v) is 5.77. The monoisotopic (exact) mass is 323 g/mol. The maximum atomic E-state index is 12.9. The third kappa shape index (κ3) is 2.86. The highest BCUT2D eigenvalue weighted by Gasteiger charge is 2.33. The molecule has 3 amide bonds. The van der Waals surface area contributed by atoms with Crippen LogP contribution in [0.1, 0.15) is 31.8 Å². The Morgan fingerprint density at radius 2 is 1.58 bits per heavy atom. The van der Waals surface area contributed by atoms with Gasteiger partial charge in [-0.1, -0.05) is 30.3 Å². The van der Waals surface area contributed by atoms with Crippen molar-refractivity contribution in [2.24, 2.45) is 11.5 Å². The fraction of sp³-hybridized carbons (Fsp3) is 0.167. The molecule has 0 saturated carbocycles. The first-order chi connectivity index (χ1) is 11.5. The zero-order valence-corrected chi connectivity index (χ0v) is 12.9. The quantitative estimate of drug-likeness (QED) is 0.874. The van der Waals surface area contributed by atoms with E-state index in [0.717, 1.165) is 11.1 Å². The summed E-state index contributed by atoms with van der Waals surface area (Å²) in [6.07, 6.45) is 0.382. The lowest BCUT2D eigenvalue weighted by molar-refractivity contribution is -0.122. The third-order valence-corrected chi connectivity index (χ3v) is 4.23. The Morgan fingerprint density at radius 3 is 2.25 bits per heavy atom. The van der Waals surface area contributed by atoms with Gasteiger partial charge in [-0.3, -0.25) is 14.4 Å². The number of primary amides is 2. The number of carbonyl (C=O) groups excluding carboxylic acids is 3. The molecule has 0 unspecified atom stereocenters. The van der Waals surface area contributed by atoms with Gasteiger partial charge in [-0.15, -0.1) is 0 Å². The van der Waals surface area contributed by atoms with Gasteiger partial charge in [0.05, 0.1) is 0 Å². The molecule has 0 saturated heterocycles. The Bertz CT molecular complexity index is 832. The van der Waals surface area contributed by atoms with Gasteiger partial charge in [0, 0.05) is 24.1 Å². The van der Waals surface area contributed by atoms with E-state index in [-0.39, 0.29) is 11.5 Å². The lowest BCUT2D eigenvalue weighted by Crippen LogP contribution is -2.51. The lowest BCUT2D eigenvalue weighted by atomic mass is 9.93. The van der Waals surface area contributed by atoms with Crippen molar-refractivity contribution in [1.29, 1.82) is 0 Å². The Morgan fingerprint density at radius 1 is 0.917 bits per heavy atom. The topological polar surface area (TPSA) is 106 Å². The van der Waals surface area contributed by atoms with Crippen molar-refractivity contribution in [3.8, 4) is 0 Å². The molecule has 0 radical (unpaired) electrons. The number of benzene rings is 2. The molecule has 1 aliphatic rings. The third-order valence-electron chi connectivity index (χ3n) is 4.23. The van der Waals surface area contributed by atoms with Crippen molar-refractivity contribution >= 4 is 17.7 Å². The number of nitrogens with zero attached hydrogens (tertiary/aromatic N) is 1. The minimum Gasteiger partial charge on any atom is -0.368 e. The molecular formula is C18H17N3O3. The second-order valence-electron chi connectivity index (χ2n) is 5.77. The van der Waals surface area contributed by atoms with Gasteiger partial charge in [0.2, 0.25) is 11.8 Å². The number of fused-ring (bicyclic) bond motifs is 1. The summed E-state index contributed by atoms with van der Waals surface area (Å²) in [6, 6.07) is 13.1. The molecule has 6 nitrogen and oxygen atoms in total. The van der Waals surface area contributed by atoms with Gasteiger partial charge in [-0.2, -0.15) is 0 Å². The van der Waals surface area contributed by atoms with Crippen LogP contribution in [0, 0.1) is 0 Å². The molecule has 0 aromatic heterocycles. The van der Waals surface area contributed by atoms with E-state index in [4.69, 9.17) is 11.5 Å². The number of carbonyl (C=O) groups is 3. The summed E-state index contributed by atoms with van der Waals surface area (Å²) in [5.74, 6) is -1.51. The van der Waals surface area contributed by atoms with Crippen LogP contribution >= 0.6 is 0 Å². The van der Waals surface area contributed by atoms with Crippen molar-refractivity contribution in [2.75, 3.05) is 0 Å². The highest BCUT2D eigenvalue weighted by Crippen LogP contribution is 2.25. The summed E-state index contributed by atoms with van der Waals surface area (Å²) in [5.41, 5.74) is 13.3. The fourth-order valence-electron chi connectivity index (χ4n) is 2.96. The largest absolute Gasteiger partial charge is 0.368 e. The first-order valence-corrected chi connectivity index (χ1v) is 7.54. The molecule has 0 spiro atoms. The van der Waals surface area contributed by atoms with E-state index >= 15 is 0 Å². The van der Waals surface area contributed by atoms with Crippen molar-refractivity contribution < 1.29 is 14.4 Å². The maximum absolute atomic E-state index is 12.9. The van der Waals surface area contributed by atoms with Crippen LogP contribution in [0.4, 0.5) is 0 Å². The number of rotatable bonds is 3. The maximum Gasteiger partial charge on any atom is 0.254 e. The van der Waals surface area contributed by atoms with E-state index in [0.29, 0.717) is 18.5 Å². The minimum atomic E-state index is -0.718. The molecule has 3 rings (SSSR count). The Balaban J connectivity index is 1.97. The van der Waals surface area contributed by atoms with Crippen LogP contribution in [0.5, 0.6) is 0 Å². The molecular weight excluding hydrogens is 306 g/mol. The summed E-state index contributed by atoms with van der Waals surface area (Å²) in [6.45, 7) is 0.295. The van der Waals surface area contributed by atoms with Crippen molar-refractivity contribution in [3.63, 3.8) is 0 Å². The number of amides is 3. The Hall–Kier alpha value is -3.15. The van der Waals surface area contributed by atoms with Gasteiger partial charge >= 0.3 is 0 Å². The van der Waals surface area contributed by atoms with E-state index in [9.17, 15) is 14.4 Å². The van der Waals surface area contributed by atoms with Gasteiger partial charge in [0.1, 0.15) is 6.04 Å². The van der Waals surface area contributed by atoms with Gasteiger partial charge in [-0.25, -0.2) is 0 Å². The van der Waals surface area contributed by atoms with Crippen LogP contribution in [0.3, 0.4) is 0 Å². The smallest absolute Gasteiger partial charge is 0.254 e. The van der Waals surface area contributed by atoms with Crippen molar-refractivity contribution in [3.05, 3.63) is 70.8 Å². The molecule has 1 heterocycles. The number of hydrogen-bond donors (Lipinski definition) is 2. The normalized spacial score (nSPS) is 16.3. The molecule has 4 N–H and O–H groups in total. The summed E-state index contributed by atoms with van der Waals surface area (Å²) in [7, 11) is 0. The predicted octanol–water partition coefficient (Wildman–Crippen LogP) is 0.838. The molecule has 1 atom stereocenters. The van der Waals surface area contributed by atoms with Gasteiger partial charge < -0.3 is 16.4 Å². The molecule has 1 aliphatic heterocycles. The van der Waals surface area contributed by atoms with E-state index in [2.05, 4.69) is 0 Å². The standard InChI is InChI=1S/C18H17N3O3/c19-16(22)12-6-3-7-13(8-12)18(24)21-10-14-5-2-1-4-11(14)9-15(21)17(20)23/h1-8,15H,9-10H2,(H2,19,22)(H2,20,23)/t15-/m0/s1. The molecule has 24 heavy (non-hydrogen) atoms. The summed E-state index contributed by atoms with van der Waals surface area (Å²) in [5, 5.41) is 0. The summed E-state index contributed by atoms with van der Waals surface area (Å²) in [4.78, 5) is 37.5. The van der Waals surface area contributed by atoms with Crippen LogP contribution in [0.15, 0.2) is 48.5 Å². The zero-order chi connectivity index (χ0) is 17.3. The minimum absolute atomic E-state index is 0.244. The van der Waals surface area contributed by atoms with Crippen LogP contribution in [0.2, 0.25) is 0 Å². The SMILES string of the molecule is NC(=O)c1cccc(C(=O)N2Cc3ccccc3C[C@H]2C(N)=O)c1.